The fourth-order valence-electron chi connectivity index (χ4n) is 5.93. The van der Waals surface area contributed by atoms with E-state index >= 15 is 0 Å². The molecule has 8 nitrogen and oxygen atoms in total. The minimum atomic E-state index is -4.39. The lowest BCUT2D eigenvalue weighted by Gasteiger charge is -2.36. The van der Waals surface area contributed by atoms with Gasteiger partial charge in [0.05, 0.1) is 42.4 Å². The number of amides is 2. The maximum absolute atomic E-state index is 14.3. The van der Waals surface area contributed by atoms with E-state index < -0.39 is 17.8 Å². The van der Waals surface area contributed by atoms with Gasteiger partial charge in [-0.25, -0.2) is 0 Å². The van der Waals surface area contributed by atoms with Crippen molar-refractivity contribution in [3.63, 3.8) is 0 Å². The third-order valence-corrected chi connectivity index (χ3v) is 8.77. The van der Waals surface area contributed by atoms with Crippen LogP contribution < -0.4 is 10.1 Å². The molecule has 2 N–H and O–H groups in total. The first kappa shape index (κ1) is 37.9. The molecule has 2 amide bonds. The third-order valence-electron chi connectivity index (χ3n) is 8.77. The maximum atomic E-state index is 14.3. The van der Waals surface area contributed by atoms with Gasteiger partial charge in [-0.3, -0.25) is 14.5 Å². The first-order valence-corrected chi connectivity index (χ1v) is 16.9. The Balaban J connectivity index is 1.56. The lowest BCUT2D eigenvalue weighted by molar-refractivity contribution is -0.137. The largest absolute Gasteiger partial charge is 0.490 e. The molecule has 0 radical (unpaired) electrons. The summed E-state index contributed by atoms with van der Waals surface area (Å²) in [6.45, 7) is 7.11. The highest BCUT2D eigenvalue weighted by atomic mass is 19.4. The number of halogens is 3. The van der Waals surface area contributed by atoms with Gasteiger partial charge >= 0.3 is 6.18 Å². The van der Waals surface area contributed by atoms with Crippen LogP contribution in [-0.4, -0.2) is 78.3 Å². The number of anilines is 1. The number of fused-ring (bicyclic) bond motifs is 1. The number of carbonyl (C=O) groups excluding carboxylic acids is 2. The second kappa shape index (κ2) is 17.6. The number of aliphatic hydroxyl groups is 1. The summed E-state index contributed by atoms with van der Waals surface area (Å²) < 4.78 is 51.9. The Kier molecular flexibility index (Phi) is 13.6. The van der Waals surface area contributed by atoms with E-state index in [1.165, 1.54) is 12.1 Å². The van der Waals surface area contributed by atoms with Crippen LogP contribution in [0.3, 0.4) is 0 Å². The van der Waals surface area contributed by atoms with Crippen LogP contribution in [0.25, 0.3) is 0 Å². The Hall–Kier alpha value is -3.93. The van der Waals surface area contributed by atoms with Gasteiger partial charge in [-0.15, -0.1) is 0 Å². The van der Waals surface area contributed by atoms with E-state index in [0.717, 1.165) is 42.5 Å². The van der Waals surface area contributed by atoms with Gasteiger partial charge in [0.1, 0.15) is 5.75 Å². The molecule has 1 aliphatic heterocycles. The molecule has 0 fully saturated rings. The summed E-state index contributed by atoms with van der Waals surface area (Å²) in [5.74, 6) is -0.331. The van der Waals surface area contributed by atoms with Gasteiger partial charge in [-0.2, -0.15) is 13.2 Å². The fraction of sp³-hybridized carbons (Fsp3) is 0.474. The Bertz CT molecular complexity index is 1500. The van der Waals surface area contributed by atoms with Crippen molar-refractivity contribution in [2.75, 3.05) is 38.7 Å². The monoisotopic (exact) mass is 683 g/mol. The van der Waals surface area contributed by atoms with Crippen molar-refractivity contribution in [2.24, 2.45) is 5.92 Å². The van der Waals surface area contributed by atoms with E-state index in [1.54, 1.807) is 30.0 Å². The third kappa shape index (κ3) is 11.3. The molecule has 0 unspecified atom stereocenters. The molecule has 3 aromatic carbocycles. The highest BCUT2D eigenvalue weighted by molar-refractivity contribution is 6.00. The van der Waals surface area contributed by atoms with Gasteiger partial charge in [-0.1, -0.05) is 49.4 Å². The molecule has 4 rings (SSSR count). The zero-order valence-electron chi connectivity index (χ0n) is 28.7. The molecule has 3 aromatic rings. The lowest BCUT2D eigenvalue weighted by atomic mass is 10.0. The van der Waals surface area contributed by atoms with Gasteiger partial charge < -0.3 is 24.8 Å². The fourth-order valence-corrected chi connectivity index (χ4v) is 5.93. The molecule has 1 aliphatic rings. The van der Waals surface area contributed by atoms with Gasteiger partial charge in [0, 0.05) is 37.8 Å². The Morgan fingerprint density at radius 3 is 2.43 bits per heavy atom. The summed E-state index contributed by atoms with van der Waals surface area (Å²) >= 11 is 0. The summed E-state index contributed by atoms with van der Waals surface area (Å²) in [4.78, 5) is 30.9. The second-order valence-corrected chi connectivity index (χ2v) is 13.1. The van der Waals surface area contributed by atoms with Crippen LogP contribution in [0.1, 0.15) is 67.1 Å². The van der Waals surface area contributed by atoms with Crippen LogP contribution >= 0.6 is 0 Å². The number of carbonyl (C=O) groups is 2. The molecule has 0 saturated heterocycles. The number of alkyl halides is 3. The standard InChI is InChI=1S/C38H48F3N3O5/c1-26-22-44(27(2)25-45)37(47)33-21-32(42-36(46)20-29-11-6-5-7-12-29)17-18-34(33)49-28(3)10-8-9-19-48-35(26)24-43(4)23-30-13-15-31(16-14-30)38(39,40)41/h5-7,11-18,21,26-28,35,45H,8-10,19-20,22-25H2,1-4H3,(H,42,46)/t26-,27+,28-,35-/m1/s1. The SMILES string of the molecule is C[C@@H]1CCCCO[C@H](CN(C)Cc2ccc(C(F)(F)F)cc2)[C@H](C)CN([C@@H](C)CO)C(=O)c2cc(NC(=O)Cc3ccccc3)ccc2O1. The molecule has 0 spiro atoms. The molecule has 0 aliphatic carbocycles. The predicted octanol–water partition coefficient (Wildman–Crippen LogP) is 6.81. The molecule has 0 bridgehead atoms. The highest BCUT2D eigenvalue weighted by Crippen LogP contribution is 2.30. The van der Waals surface area contributed by atoms with Crippen molar-refractivity contribution < 1.29 is 37.3 Å². The normalized spacial score (nSPS) is 20.2. The highest BCUT2D eigenvalue weighted by Gasteiger charge is 2.32. The number of hydrogen-bond donors (Lipinski definition) is 2. The first-order chi connectivity index (χ1) is 23.3. The molecule has 266 valence electrons. The van der Waals surface area contributed by atoms with E-state index in [9.17, 15) is 27.9 Å². The molecule has 4 atom stereocenters. The van der Waals surface area contributed by atoms with Crippen LogP contribution in [0, 0.1) is 5.92 Å². The molecule has 11 heteroatoms. The predicted molar refractivity (Wildman–Crippen MR) is 183 cm³/mol. The van der Waals surface area contributed by atoms with Crippen LogP contribution in [-0.2, 0) is 28.7 Å². The topological polar surface area (TPSA) is 91.3 Å². The quantitative estimate of drug-likeness (QED) is 0.258. The van der Waals surface area contributed by atoms with E-state index in [-0.39, 0.29) is 55.1 Å². The Labute approximate surface area is 287 Å². The van der Waals surface area contributed by atoms with E-state index in [2.05, 4.69) is 5.32 Å². The van der Waals surface area contributed by atoms with Crippen molar-refractivity contribution in [1.82, 2.24) is 9.80 Å². The number of hydrogen-bond acceptors (Lipinski definition) is 6. The van der Waals surface area contributed by atoms with Gasteiger partial charge in [0.25, 0.3) is 5.91 Å². The minimum absolute atomic E-state index is 0.173. The number of aliphatic hydroxyl groups excluding tert-OH is 1. The van der Waals surface area contributed by atoms with Crippen LogP contribution in [0.5, 0.6) is 5.75 Å². The van der Waals surface area contributed by atoms with Crippen molar-refractivity contribution in [2.45, 2.75) is 77.4 Å². The smallest absolute Gasteiger partial charge is 0.416 e. The molecular weight excluding hydrogens is 635 g/mol. The zero-order chi connectivity index (χ0) is 35.6. The van der Waals surface area contributed by atoms with Crippen molar-refractivity contribution in [1.29, 1.82) is 0 Å². The number of nitrogens with one attached hydrogen (secondary N) is 1. The molecule has 49 heavy (non-hydrogen) atoms. The summed E-state index contributed by atoms with van der Waals surface area (Å²) in [5, 5.41) is 13.1. The summed E-state index contributed by atoms with van der Waals surface area (Å²) in [7, 11) is 1.89. The van der Waals surface area contributed by atoms with Gasteiger partial charge in [0.15, 0.2) is 0 Å². The molecule has 0 saturated carbocycles. The number of nitrogens with zero attached hydrogens (tertiary/aromatic N) is 2. The number of rotatable bonds is 9. The average molecular weight is 684 g/mol. The van der Waals surface area contributed by atoms with Crippen molar-refractivity contribution in [3.05, 3.63) is 95.1 Å². The van der Waals surface area contributed by atoms with Gasteiger partial charge in [0.2, 0.25) is 5.91 Å². The van der Waals surface area contributed by atoms with Crippen LogP contribution in [0.4, 0.5) is 18.9 Å². The van der Waals surface area contributed by atoms with E-state index in [4.69, 9.17) is 9.47 Å². The van der Waals surface area contributed by atoms with Crippen LogP contribution in [0.15, 0.2) is 72.8 Å². The number of likely N-dealkylation sites (N-methyl/N-ethyl adjacent to an activating group) is 1. The maximum Gasteiger partial charge on any atom is 0.416 e. The lowest BCUT2D eigenvalue weighted by Crippen LogP contribution is -2.47. The van der Waals surface area contributed by atoms with Crippen molar-refractivity contribution in [3.8, 4) is 5.75 Å². The van der Waals surface area contributed by atoms with Crippen molar-refractivity contribution >= 4 is 17.5 Å². The summed E-state index contributed by atoms with van der Waals surface area (Å²) in [6, 6.07) is 19.1. The molecule has 0 aromatic heterocycles. The zero-order valence-corrected chi connectivity index (χ0v) is 28.7. The number of ether oxygens (including phenoxy) is 2. The molecular formula is C38H48F3N3O5. The average Bonchev–Trinajstić information content (AvgIpc) is 3.06. The number of benzene rings is 3. The van der Waals surface area contributed by atoms with E-state index in [1.807, 2.05) is 56.1 Å². The minimum Gasteiger partial charge on any atom is -0.490 e. The van der Waals surface area contributed by atoms with Crippen LogP contribution in [0.2, 0.25) is 0 Å². The first-order valence-electron chi connectivity index (χ1n) is 16.9. The molecule has 1 heterocycles. The summed E-state index contributed by atoms with van der Waals surface area (Å²) in [6.07, 6.45) is -2.34. The van der Waals surface area contributed by atoms with Gasteiger partial charge in [-0.05, 0) is 81.6 Å². The Morgan fingerprint density at radius 2 is 1.76 bits per heavy atom. The second-order valence-electron chi connectivity index (χ2n) is 13.1. The summed E-state index contributed by atoms with van der Waals surface area (Å²) in [5.41, 5.74) is 1.66. The Morgan fingerprint density at radius 1 is 1.04 bits per heavy atom. The van der Waals surface area contributed by atoms with E-state index in [0.29, 0.717) is 31.1 Å².